The molecule has 0 aliphatic carbocycles. The second-order valence-electron chi connectivity index (χ2n) is 7.27. The van der Waals surface area contributed by atoms with Crippen molar-refractivity contribution >= 4 is 23.2 Å². The SMILES string of the molecule is ClCCCCCCC=CCCCOCOCOCCCC=CCCCCCCCl. The van der Waals surface area contributed by atoms with Gasteiger partial charge in [-0.2, -0.15) is 0 Å². The first kappa shape index (κ1) is 28.9. The van der Waals surface area contributed by atoms with Gasteiger partial charge in [-0.1, -0.05) is 50.0 Å². The zero-order chi connectivity index (χ0) is 21.1. The summed E-state index contributed by atoms with van der Waals surface area (Å²) in [5.41, 5.74) is 0. The number of ether oxygens (including phenoxy) is 3. The van der Waals surface area contributed by atoms with E-state index in [0.29, 0.717) is 13.6 Å². The van der Waals surface area contributed by atoms with Gasteiger partial charge in [0.15, 0.2) is 0 Å². The third-order valence-corrected chi connectivity index (χ3v) is 5.03. The monoisotopic (exact) mass is 450 g/mol. The van der Waals surface area contributed by atoms with E-state index in [1.807, 2.05) is 0 Å². The van der Waals surface area contributed by atoms with Crippen LogP contribution in [-0.4, -0.2) is 38.6 Å². The molecule has 0 aliphatic rings. The molecule has 0 fully saturated rings. The largest absolute Gasteiger partial charge is 0.355 e. The van der Waals surface area contributed by atoms with E-state index in [4.69, 9.17) is 37.4 Å². The molecule has 0 unspecified atom stereocenters. The van der Waals surface area contributed by atoms with Crippen LogP contribution in [0.1, 0.15) is 89.9 Å². The van der Waals surface area contributed by atoms with Crippen LogP contribution in [0.4, 0.5) is 0 Å². The number of rotatable bonds is 24. The molecular formula is C24H44Cl2O3. The van der Waals surface area contributed by atoms with E-state index in [-0.39, 0.29) is 0 Å². The van der Waals surface area contributed by atoms with Crippen LogP contribution in [-0.2, 0) is 14.2 Å². The predicted octanol–water partition coefficient (Wildman–Crippen LogP) is 8.00. The minimum absolute atomic E-state index is 0.313. The van der Waals surface area contributed by atoms with Gasteiger partial charge in [0.05, 0.1) is 0 Å². The fraction of sp³-hybridized carbons (Fsp3) is 0.833. The zero-order valence-electron chi connectivity index (χ0n) is 18.4. The Morgan fingerprint density at radius 3 is 1.21 bits per heavy atom. The number of unbranched alkanes of at least 4 members (excludes halogenated alkanes) is 10. The molecule has 0 aliphatic heterocycles. The molecule has 0 aromatic carbocycles. The minimum atomic E-state index is 0.313. The average Bonchev–Trinajstić information content (AvgIpc) is 2.74. The van der Waals surface area contributed by atoms with Gasteiger partial charge in [0.1, 0.15) is 13.6 Å². The number of alkyl halides is 2. The molecule has 0 bridgehead atoms. The van der Waals surface area contributed by atoms with Crippen LogP contribution in [0, 0.1) is 0 Å². The highest BCUT2D eigenvalue weighted by molar-refractivity contribution is 6.18. The second-order valence-corrected chi connectivity index (χ2v) is 8.02. The summed E-state index contributed by atoms with van der Waals surface area (Å²) in [5.74, 6) is 1.58. The Morgan fingerprint density at radius 1 is 0.414 bits per heavy atom. The fourth-order valence-electron chi connectivity index (χ4n) is 2.77. The molecule has 0 heterocycles. The van der Waals surface area contributed by atoms with Gasteiger partial charge in [-0.05, 0) is 64.2 Å². The third-order valence-electron chi connectivity index (χ3n) is 4.49. The quantitative estimate of drug-likeness (QED) is 0.0644. The molecule has 29 heavy (non-hydrogen) atoms. The number of allylic oxidation sites excluding steroid dienone is 4. The Bertz CT molecular complexity index is 317. The van der Waals surface area contributed by atoms with Gasteiger partial charge >= 0.3 is 0 Å². The molecule has 172 valence electrons. The predicted molar refractivity (Wildman–Crippen MR) is 127 cm³/mol. The van der Waals surface area contributed by atoms with Crippen LogP contribution in [0.15, 0.2) is 24.3 Å². The summed E-state index contributed by atoms with van der Waals surface area (Å²) in [6, 6.07) is 0. The van der Waals surface area contributed by atoms with E-state index in [2.05, 4.69) is 24.3 Å². The number of hydrogen-bond donors (Lipinski definition) is 0. The van der Waals surface area contributed by atoms with Crippen LogP contribution < -0.4 is 0 Å². The lowest BCUT2D eigenvalue weighted by atomic mass is 10.1. The summed E-state index contributed by atoms with van der Waals surface area (Å²) < 4.78 is 16.2. The van der Waals surface area contributed by atoms with E-state index >= 15 is 0 Å². The highest BCUT2D eigenvalue weighted by Gasteiger charge is 1.92. The molecular weight excluding hydrogens is 407 g/mol. The van der Waals surface area contributed by atoms with Crippen LogP contribution in [0.5, 0.6) is 0 Å². The van der Waals surface area contributed by atoms with Gasteiger partial charge in [-0.15, -0.1) is 23.2 Å². The average molecular weight is 452 g/mol. The molecule has 0 N–H and O–H groups in total. The van der Waals surface area contributed by atoms with E-state index in [9.17, 15) is 0 Å². The number of halogens is 2. The lowest BCUT2D eigenvalue weighted by molar-refractivity contribution is -0.131. The molecule has 0 saturated heterocycles. The van der Waals surface area contributed by atoms with E-state index < -0.39 is 0 Å². The topological polar surface area (TPSA) is 27.7 Å². The summed E-state index contributed by atoms with van der Waals surface area (Å²) in [7, 11) is 0. The second kappa shape index (κ2) is 27.9. The Hall–Kier alpha value is -0.0600. The van der Waals surface area contributed by atoms with Crippen molar-refractivity contribution in [2.45, 2.75) is 89.9 Å². The van der Waals surface area contributed by atoms with Crippen LogP contribution >= 0.6 is 23.2 Å². The zero-order valence-corrected chi connectivity index (χ0v) is 19.9. The molecule has 0 saturated carbocycles. The molecule has 0 amide bonds. The molecule has 0 aromatic heterocycles. The Morgan fingerprint density at radius 2 is 0.793 bits per heavy atom. The maximum atomic E-state index is 5.66. The van der Waals surface area contributed by atoms with Gasteiger partial charge in [-0.3, -0.25) is 0 Å². The molecule has 3 nitrogen and oxygen atoms in total. The highest BCUT2D eigenvalue weighted by atomic mass is 35.5. The Labute approximate surface area is 190 Å². The third kappa shape index (κ3) is 27.9. The fourth-order valence-corrected chi connectivity index (χ4v) is 3.15. The minimum Gasteiger partial charge on any atom is -0.355 e. The molecule has 0 spiro atoms. The molecule has 0 atom stereocenters. The van der Waals surface area contributed by atoms with Gasteiger partial charge in [0.25, 0.3) is 0 Å². The normalized spacial score (nSPS) is 11.9. The molecule has 0 radical (unpaired) electrons. The highest BCUT2D eigenvalue weighted by Crippen LogP contribution is 2.06. The Balaban J connectivity index is 3.09. The van der Waals surface area contributed by atoms with Crippen molar-refractivity contribution in [3.8, 4) is 0 Å². The molecule has 5 heteroatoms. The standard InChI is InChI=1S/C24H44Cl2O3/c25-19-15-11-7-3-1-5-9-13-17-21-27-23-29-24-28-22-18-14-10-6-2-4-8-12-16-20-26/h5-6,9-10H,1-4,7-8,11-24H2. The summed E-state index contributed by atoms with van der Waals surface area (Å²) in [4.78, 5) is 0. The van der Waals surface area contributed by atoms with Crippen LogP contribution in [0.2, 0.25) is 0 Å². The van der Waals surface area contributed by atoms with E-state index in [1.54, 1.807) is 0 Å². The summed E-state index contributed by atoms with van der Waals surface area (Å²) in [5, 5.41) is 0. The van der Waals surface area contributed by atoms with E-state index in [0.717, 1.165) is 63.5 Å². The van der Waals surface area contributed by atoms with Crippen molar-refractivity contribution < 1.29 is 14.2 Å². The van der Waals surface area contributed by atoms with Crippen molar-refractivity contribution in [1.82, 2.24) is 0 Å². The Kier molecular flexibility index (Phi) is 27.9. The van der Waals surface area contributed by atoms with Crippen LogP contribution in [0.3, 0.4) is 0 Å². The molecule has 0 aromatic rings. The van der Waals surface area contributed by atoms with Crippen molar-refractivity contribution in [3.63, 3.8) is 0 Å². The van der Waals surface area contributed by atoms with Gasteiger partial charge in [0.2, 0.25) is 0 Å². The smallest absolute Gasteiger partial charge is 0.149 e. The molecule has 0 rings (SSSR count). The number of hydrogen-bond acceptors (Lipinski definition) is 3. The van der Waals surface area contributed by atoms with Gasteiger partial charge in [0, 0.05) is 25.0 Å². The lowest BCUT2D eigenvalue weighted by Gasteiger charge is -2.06. The maximum absolute atomic E-state index is 5.66. The van der Waals surface area contributed by atoms with Crippen LogP contribution in [0.25, 0.3) is 0 Å². The van der Waals surface area contributed by atoms with Crippen molar-refractivity contribution in [1.29, 1.82) is 0 Å². The van der Waals surface area contributed by atoms with Crippen molar-refractivity contribution in [3.05, 3.63) is 24.3 Å². The maximum Gasteiger partial charge on any atom is 0.149 e. The van der Waals surface area contributed by atoms with E-state index in [1.165, 1.54) is 51.4 Å². The van der Waals surface area contributed by atoms with Gasteiger partial charge in [-0.25, -0.2) is 0 Å². The van der Waals surface area contributed by atoms with Crippen molar-refractivity contribution in [2.24, 2.45) is 0 Å². The van der Waals surface area contributed by atoms with Gasteiger partial charge < -0.3 is 14.2 Å². The summed E-state index contributed by atoms with van der Waals surface area (Å²) >= 11 is 11.3. The lowest BCUT2D eigenvalue weighted by Crippen LogP contribution is -2.06. The van der Waals surface area contributed by atoms with Crippen molar-refractivity contribution in [2.75, 3.05) is 38.6 Å². The summed E-state index contributed by atoms with van der Waals surface area (Å²) in [6.07, 6.45) is 25.5. The summed E-state index contributed by atoms with van der Waals surface area (Å²) in [6.45, 7) is 2.09. The first-order valence-corrected chi connectivity index (χ1v) is 12.6. The first-order valence-electron chi connectivity index (χ1n) is 11.6. The first-order chi connectivity index (χ1) is 14.4.